The summed E-state index contributed by atoms with van der Waals surface area (Å²) in [7, 11) is 0. The maximum atomic E-state index is 12.3. The van der Waals surface area contributed by atoms with Gasteiger partial charge in [0, 0.05) is 11.3 Å². The minimum Gasteiger partial charge on any atom is -0.462 e. The Morgan fingerprint density at radius 3 is 2.36 bits per heavy atom. The van der Waals surface area contributed by atoms with Crippen molar-refractivity contribution >= 4 is 17.6 Å². The molecule has 0 saturated carbocycles. The molecule has 0 atom stereocenters. The third-order valence-electron chi connectivity index (χ3n) is 3.50. The number of hydrogen-bond donors (Lipinski definition) is 1. The van der Waals surface area contributed by atoms with Crippen LogP contribution >= 0.6 is 0 Å². The summed E-state index contributed by atoms with van der Waals surface area (Å²) in [5.41, 5.74) is 3.79. The molecular weight excluding hydrogens is 278 g/mol. The van der Waals surface area contributed by atoms with E-state index >= 15 is 0 Å². The minimum atomic E-state index is -0.366. The number of esters is 1. The molecule has 1 amide bonds. The van der Waals surface area contributed by atoms with Gasteiger partial charge in [-0.1, -0.05) is 12.1 Å². The lowest BCUT2D eigenvalue weighted by Crippen LogP contribution is -2.14. The molecule has 0 aliphatic carbocycles. The number of aryl methyl sites for hydroxylation is 1. The summed E-state index contributed by atoms with van der Waals surface area (Å²) in [5, 5.41) is 2.83. The number of rotatable bonds is 4. The number of amides is 1. The van der Waals surface area contributed by atoms with Crippen LogP contribution in [0.5, 0.6) is 0 Å². The van der Waals surface area contributed by atoms with E-state index < -0.39 is 0 Å². The van der Waals surface area contributed by atoms with E-state index in [1.807, 2.05) is 26.0 Å². The molecule has 1 N–H and O–H groups in total. The first-order chi connectivity index (χ1) is 10.5. The average Bonchev–Trinajstić information content (AvgIpc) is 2.51. The van der Waals surface area contributed by atoms with E-state index in [2.05, 4.69) is 5.32 Å². The Hall–Kier alpha value is -2.62. The molecule has 0 bridgehead atoms. The number of ether oxygens (including phenoxy) is 1. The van der Waals surface area contributed by atoms with Crippen LogP contribution in [0.1, 0.15) is 38.8 Å². The Kier molecular flexibility index (Phi) is 4.94. The summed E-state index contributed by atoms with van der Waals surface area (Å²) in [6.45, 7) is 6.00. The first-order valence-electron chi connectivity index (χ1n) is 7.17. The fraction of sp³-hybridized carbons (Fsp3) is 0.222. The maximum Gasteiger partial charge on any atom is 0.338 e. The number of carbonyl (C=O) groups excluding carboxylic acids is 2. The molecule has 0 aliphatic heterocycles. The van der Waals surface area contributed by atoms with Gasteiger partial charge in [-0.25, -0.2) is 4.79 Å². The topological polar surface area (TPSA) is 55.4 Å². The molecular formula is C18H19NO3. The van der Waals surface area contributed by atoms with Gasteiger partial charge in [0.1, 0.15) is 0 Å². The Morgan fingerprint density at radius 2 is 1.73 bits per heavy atom. The Balaban J connectivity index is 2.12. The van der Waals surface area contributed by atoms with Gasteiger partial charge < -0.3 is 10.1 Å². The smallest absolute Gasteiger partial charge is 0.338 e. The largest absolute Gasteiger partial charge is 0.462 e. The van der Waals surface area contributed by atoms with Crippen molar-refractivity contribution in [2.24, 2.45) is 0 Å². The first-order valence-corrected chi connectivity index (χ1v) is 7.17. The zero-order chi connectivity index (χ0) is 16.1. The van der Waals surface area contributed by atoms with Gasteiger partial charge in [-0.3, -0.25) is 4.79 Å². The number of hydrogen-bond acceptors (Lipinski definition) is 3. The molecule has 2 rings (SSSR count). The third-order valence-corrected chi connectivity index (χ3v) is 3.50. The lowest BCUT2D eigenvalue weighted by Gasteiger charge is -2.10. The van der Waals surface area contributed by atoms with Gasteiger partial charge in [-0.2, -0.15) is 0 Å². The Bertz CT molecular complexity index is 690. The van der Waals surface area contributed by atoms with E-state index in [9.17, 15) is 9.59 Å². The van der Waals surface area contributed by atoms with Gasteiger partial charge >= 0.3 is 5.97 Å². The lowest BCUT2D eigenvalue weighted by atomic mass is 10.0. The summed E-state index contributed by atoms with van der Waals surface area (Å²) in [6, 6.07) is 12.3. The second-order valence-corrected chi connectivity index (χ2v) is 5.00. The molecule has 0 aromatic heterocycles. The van der Waals surface area contributed by atoms with Gasteiger partial charge in [0.25, 0.3) is 5.91 Å². The molecule has 4 nitrogen and oxygen atoms in total. The molecule has 0 fully saturated rings. The number of carbonyl (C=O) groups is 2. The van der Waals surface area contributed by atoms with Gasteiger partial charge in [0.2, 0.25) is 0 Å². The van der Waals surface area contributed by atoms with E-state index in [0.717, 1.165) is 11.1 Å². The summed E-state index contributed by atoms with van der Waals surface area (Å²) < 4.78 is 4.92. The third kappa shape index (κ3) is 3.52. The molecule has 2 aromatic rings. The second kappa shape index (κ2) is 6.89. The molecule has 0 unspecified atom stereocenters. The van der Waals surface area contributed by atoms with Crippen LogP contribution in [0.25, 0.3) is 0 Å². The Morgan fingerprint density at radius 1 is 1.05 bits per heavy atom. The van der Waals surface area contributed by atoms with Gasteiger partial charge in [0.05, 0.1) is 12.2 Å². The molecule has 22 heavy (non-hydrogen) atoms. The quantitative estimate of drug-likeness (QED) is 0.875. The minimum absolute atomic E-state index is 0.162. The monoisotopic (exact) mass is 297 g/mol. The fourth-order valence-corrected chi connectivity index (χ4v) is 2.10. The normalized spacial score (nSPS) is 10.1. The summed E-state index contributed by atoms with van der Waals surface area (Å²) in [4.78, 5) is 23.9. The maximum absolute atomic E-state index is 12.3. The van der Waals surface area contributed by atoms with E-state index in [-0.39, 0.29) is 11.9 Å². The van der Waals surface area contributed by atoms with Gasteiger partial charge in [-0.15, -0.1) is 0 Å². The lowest BCUT2D eigenvalue weighted by molar-refractivity contribution is 0.0526. The molecule has 0 aliphatic rings. The van der Waals surface area contributed by atoms with E-state index in [4.69, 9.17) is 4.74 Å². The van der Waals surface area contributed by atoms with E-state index in [0.29, 0.717) is 23.4 Å². The fourth-order valence-electron chi connectivity index (χ4n) is 2.10. The highest BCUT2D eigenvalue weighted by atomic mass is 16.5. The van der Waals surface area contributed by atoms with Crippen LogP contribution < -0.4 is 5.32 Å². The van der Waals surface area contributed by atoms with Crippen molar-refractivity contribution in [3.8, 4) is 0 Å². The molecule has 4 heteroatoms. The van der Waals surface area contributed by atoms with Crippen molar-refractivity contribution < 1.29 is 14.3 Å². The average molecular weight is 297 g/mol. The van der Waals surface area contributed by atoms with Gasteiger partial charge in [0.15, 0.2) is 0 Å². The summed E-state index contributed by atoms with van der Waals surface area (Å²) in [5.74, 6) is -0.528. The van der Waals surface area contributed by atoms with E-state index in [1.165, 1.54) is 0 Å². The zero-order valence-electron chi connectivity index (χ0n) is 13.0. The number of nitrogens with one attached hydrogen (secondary N) is 1. The zero-order valence-corrected chi connectivity index (χ0v) is 13.0. The van der Waals surface area contributed by atoms with Crippen LogP contribution in [-0.4, -0.2) is 18.5 Å². The highest BCUT2D eigenvalue weighted by Gasteiger charge is 2.11. The predicted octanol–water partition coefficient (Wildman–Crippen LogP) is 3.73. The summed E-state index contributed by atoms with van der Waals surface area (Å²) >= 11 is 0. The Labute approximate surface area is 130 Å². The standard InChI is InChI=1S/C18H19NO3/c1-4-22-18(21)14-8-10-15(11-9-14)19-17(20)16-7-5-6-12(2)13(16)3/h5-11H,4H2,1-3H3,(H,19,20). The molecule has 0 spiro atoms. The number of benzene rings is 2. The number of anilines is 1. The van der Waals surface area contributed by atoms with Crippen molar-refractivity contribution in [1.82, 2.24) is 0 Å². The predicted molar refractivity (Wildman–Crippen MR) is 86.3 cm³/mol. The second-order valence-electron chi connectivity index (χ2n) is 5.00. The highest BCUT2D eigenvalue weighted by Crippen LogP contribution is 2.16. The van der Waals surface area contributed by atoms with Crippen molar-refractivity contribution in [2.45, 2.75) is 20.8 Å². The molecule has 2 aromatic carbocycles. The molecule has 0 heterocycles. The van der Waals surface area contributed by atoms with Crippen LogP contribution in [0.4, 0.5) is 5.69 Å². The van der Waals surface area contributed by atoms with Crippen molar-refractivity contribution in [1.29, 1.82) is 0 Å². The van der Waals surface area contributed by atoms with Gasteiger partial charge in [-0.05, 0) is 62.2 Å². The van der Waals surface area contributed by atoms with Crippen LogP contribution in [-0.2, 0) is 4.74 Å². The SMILES string of the molecule is CCOC(=O)c1ccc(NC(=O)c2cccc(C)c2C)cc1. The van der Waals surface area contributed by atoms with Crippen LogP contribution in [0.2, 0.25) is 0 Å². The van der Waals surface area contributed by atoms with Crippen molar-refractivity contribution in [3.05, 3.63) is 64.7 Å². The van der Waals surface area contributed by atoms with Crippen LogP contribution in [0, 0.1) is 13.8 Å². The molecule has 0 saturated heterocycles. The van der Waals surface area contributed by atoms with Crippen LogP contribution in [0.3, 0.4) is 0 Å². The van der Waals surface area contributed by atoms with Crippen molar-refractivity contribution in [3.63, 3.8) is 0 Å². The first kappa shape index (κ1) is 15.8. The van der Waals surface area contributed by atoms with E-state index in [1.54, 1.807) is 37.3 Å². The van der Waals surface area contributed by atoms with Crippen molar-refractivity contribution in [2.75, 3.05) is 11.9 Å². The highest BCUT2D eigenvalue weighted by molar-refractivity contribution is 6.05. The summed E-state index contributed by atoms with van der Waals surface area (Å²) in [6.07, 6.45) is 0. The molecule has 0 radical (unpaired) electrons. The van der Waals surface area contributed by atoms with Crippen LogP contribution in [0.15, 0.2) is 42.5 Å². The molecule has 114 valence electrons.